The summed E-state index contributed by atoms with van der Waals surface area (Å²) in [7, 11) is 7.38. The van der Waals surface area contributed by atoms with E-state index in [2.05, 4.69) is 4.98 Å². The summed E-state index contributed by atoms with van der Waals surface area (Å²) in [5.41, 5.74) is 3.14. The SMILES string of the molecule is [B]c1ccc(C(=O)N(C)c2nc(-c3ccccc3)cs2)cc1. The molecular formula is C17H13BN2OS. The maximum atomic E-state index is 12.5. The van der Waals surface area contributed by atoms with Crippen molar-refractivity contribution < 1.29 is 4.79 Å². The molecule has 0 bridgehead atoms. The van der Waals surface area contributed by atoms with Gasteiger partial charge in [-0.1, -0.05) is 60.1 Å². The number of carbonyl (C=O) groups is 1. The van der Waals surface area contributed by atoms with Crippen LogP contribution in [0.5, 0.6) is 0 Å². The smallest absolute Gasteiger partial charge is 0.259 e. The molecule has 2 aromatic carbocycles. The summed E-state index contributed by atoms with van der Waals surface area (Å²) in [4.78, 5) is 18.6. The van der Waals surface area contributed by atoms with E-state index in [0.29, 0.717) is 16.2 Å². The molecule has 1 amide bonds. The van der Waals surface area contributed by atoms with E-state index in [4.69, 9.17) is 7.85 Å². The van der Waals surface area contributed by atoms with Gasteiger partial charge in [0.25, 0.3) is 5.91 Å². The Kier molecular flexibility index (Phi) is 4.07. The number of aromatic nitrogens is 1. The van der Waals surface area contributed by atoms with Crippen LogP contribution in [0.4, 0.5) is 5.13 Å². The average Bonchev–Trinajstić information content (AvgIpc) is 3.05. The number of hydrogen-bond acceptors (Lipinski definition) is 3. The molecule has 106 valence electrons. The van der Waals surface area contributed by atoms with Crippen molar-refractivity contribution in [1.29, 1.82) is 0 Å². The lowest BCUT2D eigenvalue weighted by Gasteiger charge is -2.13. The fourth-order valence-corrected chi connectivity index (χ4v) is 2.86. The summed E-state index contributed by atoms with van der Waals surface area (Å²) in [5.74, 6) is -0.103. The van der Waals surface area contributed by atoms with Gasteiger partial charge >= 0.3 is 0 Å². The number of nitrogens with zero attached hydrogens (tertiary/aromatic N) is 2. The largest absolute Gasteiger partial charge is 0.287 e. The van der Waals surface area contributed by atoms with Gasteiger partial charge in [-0.2, -0.15) is 0 Å². The third-order valence-corrected chi connectivity index (χ3v) is 4.23. The molecule has 0 aliphatic rings. The van der Waals surface area contributed by atoms with Crippen molar-refractivity contribution in [3.8, 4) is 11.3 Å². The summed E-state index contributed by atoms with van der Waals surface area (Å²) < 4.78 is 0. The average molecular weight is 304 g/mol. The van der Waals surface area contributed by atoms with Crippen LogP contribution in [-0.4, -0.2) is 25.8 Å². The maximum Gasteiger partial charge on any atom is 0.259 e. The first-order valence-electron chi connectivity index (χ1n) is 6.79. The summed E-state index contributed by atoms with van der Waals surface area (Å²) in [6.07, 6.45) is 0. The third kappa shape index (κ3) is 2.94. The van der Waals surface area contributed by atoms with Gasteiger partial charge in [-0.15, -0.1) is 11.3 Å². The van der Waals surface area contributed by atoms with Crippen molar-refractivity contribution in [3.63, 3.8) is 0 Å². The van der Waals surface area contributed by atoms with Crippen LogP contribution in [-0.2, 0) is 0 Å². The zero-order chi connectivity index (χ0) is 15.5. The van der Waals surface area contributed by atoms with E-state index in [1.807, 2.05) is 35.7 Å². The highest BCUT2D eigenvalue weighted by atomic mass is 32.1. The summed E-state index contributed by atoms with van der Waals surface area (Å²) >= 11 is 1.45. The normalized spacial score (nSPS) is 10.4. The van der Waals surface area contributed by atoms with Crippen molar-refractivity contribution in [1.82, 2.24) is 4.98 Å². The standard InChI is InChI=1S/C17H13BN2OS/c1-20(16(21)13-7-9-14(18)10-8-13)17-19-15(11-22-17)12-5-3-2-4-6-12/h2-11H,1H3. The number of thiazole rings is 1. The highest BCUT2D eigenvalue weighted by molar-refractivity contribution is 7.14. The predicted octanol–water partition coefficient (Wildman–Crippen LogP) is 2.88. The maximum absolute atomic E-state index is 12.5. The molecule has 1 heterocycles. The molecule has 0 saturated carbocycles. The van der Waals surface area contributed by atoms with Crippen LogP contribution in [0.3, 0.4) is 0 Å². The second-order valence-electron chi connectivity index (χ2n) is 4.87. The van der Waals surface area contributed by atoms with E-state index < -0.39 is 0 Å². The lowest BCUT2D eigenvalue weighted by Crippen LogP contribution is -2.26. The summed E-state index contributed by atoms with van der Waals surface area (Å²) in [6.45, 7) is 0. The molecule has 0 N–H and O–H groups in total. The van der Waals surface area contributed by atoms with Gasteiger partial charge < -0.3 is 0 Å². The molecule has 0 aliphatic carbocycles. The molecule has 0 spiro atoms. The van der Waals surface area contributed by atoms with Gasteiger partial charge in [-0.25, -0.2) is 4.98 Å². The number of rotatable bonds is 3. The molecule has 3 nitrogen and oxygen atoms in total. The molecule has 22 heavy (non-hydrogen) atoms. The van der Waals surface area contributed by atoms with E-state index in [-0.39, 0.29) is 5.91 Å². The van der Waals surface area contributed by atoms with Crippen LogP contribution in [0.1, 0.15) is 10.4 Å². The predicted molar refractivity (Wildman–Crippen MR) is 92.1 cm³/mol. The van der Waals surface area contributed by atoms with Crippen molar-refractivity contribution in [2.24, 2.45) is 0 Å². The Balaban J connectivity index is 1.83. The van der Waals surface area contributed by atoms with Crippen LogP contribution in [0.15, 0.2) is 60.0 Å². The van der Waals surface area contributed by atoms with Crippen LogP contribution < -0.4 is 10.4 Å². The quantitative estimate of drug-likeness (QED) is 0.697. The molecule has 5 heteroatoms. The van der Waals surface area contributed by atoms with Gasteiger partial charge in [0.05, 0.1) is 5.69 Å². The van der Waals surface area contributed by atoms with Gasteiger partial charge in [0, 0.05) is 23.6 Å². The van der Waals surface area contributed by atoms with Gasteiger partial charge in [0.1, 0.15) is 7.85 Å². The lowest BCUT2D eigenvalue weighted by atomic mass is 9.95. The molecule has 0 aliphatic heterocycles. The van der Waals surface area contributed by atoms with Crippen LogP contribution in [0, 0.1) is 0 Å². The number of carbonyl (C=O) groups excluding carboxylic acids is 1. The number of benzene rings is 2. The van der Waals surface area contributed by atoms with Gasteiger partial charge in [-0.05, 0) is 0 Å². The van der Waals surface area contributed by atoms with E-state index in [9.17, 15) is 4.79 Å². The van der Waals surface area contributed by atoms with Crippen molar-refractivity contribution in [2.45, 2.75) is 0 Å². The molecular weight excluding hydrogens is 291 g/mol. The van der Waals surface area contributed by atoms with E-state index >= 15 is 0 Å². The Hall–Kier alpha value is -2.40. The molecule has 1 aromatic heterocycles. The summed E-state index contributed by atoms with van der Waals surface area (Å²) in [6, 6.07) is 16.8. The van der Waals surface area contributed by atoms with Crippen molar-refractivity contribution in [3.05, 3.63) is 65.5 Å². The van der Waals surface area contributed by atoms with Gasteiger partial charge in [0.15, 0.2) is 5.13 Å². The topological polar surface area (TPSA) is 33.2 Å². The van der Waals surface area contributed by atoms with Crippen molar-refractivity contribution in [2.75, 3.05) is 11.9 Å². The Morgan fingerprint density at radius 1 is 1.09 bits per heavy atom. The molecule has 3 rings (SSSR count). The molecule has 3 aromatic rings. The Morgan fingerprint density at radius 3 is 2.45 bits per heavy atom. The molecule has 0 saturated heterocycles. The first-order chi connectivity index (χ1) is 10.6. The minimum atomic E-state index is -0.103. The lowest BCUT2D eigenvalue weighted by molar-refractivity contribution is 0.0993. The van der Waals surface area contributed by atoms with Gasteiger partial charge in [0.2, 0.25) is 0 Å². The van der Waals surface area contributed by atoms with Gasteiger partial charge in [-0.3, -0.25) is 9.69 Å². The zero-order valence-electron chi connectivity index (χ0n) is 12.1. The second-order valence-corrected chi connectivity index (χ2v) is 5.70. The minimum absolute atomic E-state index is 0.103. The number of hydrogen-bond donors (Lipinski definition) is 0. The van der Waals surface area contributed by atoms with Crippen molar-refractivity contribution >= 4 is 35.7 Å². The molecule has 0 atom stereocenters. The number of anilines is 1. The highest BCUT2D eigenvalue weighted by Crippen LogP contribution is 2.27. The van der Waals surface area contributed by atoms with Crippen LogP contribution in [0.25, 0.3) is 11.3 Å². The van der Waals surface area contributed by atoms with E-state index in [1.54, 1.807) is 36.2 Å². The Bertz CT molecular complexity index is 784. The highest BCUT2D eigenvalue weighted by Gasteiger charge is 2.16. The summed E-state index contributed by atoms with van der Waals surface area (Å²) in [5, 5.41) is 2.62. The molecule has 0 fully saturated rings. The fourth-order valence-electron chi connectivity index (χ4n) is 2.07. The third-order valence-electron chi connectivity index (χ3n) is 3.31. The first kappa shape index (κ1) is 14.5. The molecule has 2 radical (unpaired) electrons. The Morgan fingerprint density at radius 2 is 1.77 bits per heavy atom. The minimum Gasteiger partial charge on any atom is -0.287 e. The van der Waals surface area contributed by atoms with Crippen LogP contribution >= 0.6 is 11.3 Å². The number of amides is 1. The van der Waals surface area contributed by atoms with E-state index in [0.717, 1.165) is 11.3 Å². The monoisotopic (exact) mass is 304 g/mol. The zero-order valence-corrected chi connectivity index (χ0v) is 12.9. The molecule has 0 unspecified atom stereocenters. The van der Waals surface area contributed by atoms with E-state index in [1.165, 1.54) is 11.3 Å². The first-order valence-corrected chi connectivity index (χ1v) is 7.67. The Labute approximate surface area is 134 Å². The second kappa shape index (κ2) is 6.16. The fraction of sp³-hybridized carbons (Fsp3) is 0.0588. The van der Waals surface area contributed by atoms with Crippen LogP contribution in [0.2, 0.25) is 0 Å².